The summed E-state index contributed by atoms with van der Waals surface area (Å²) < 4.78 is 10.2. The van der Waals surface area contributed by atoms with Crippen molar-refractivity contribution < 1.29 is 19.1 Å². The van der Waals surface area contributed by atoms with E-state index in [1.165, 1.54) is 0 Å². The van der Waals surface area contributed by atoms with Gasteiger partial charge in [0, 0.05) is 5.69 Å². The molecule has 2 aromatic rings. The summed E-state index contributed by atoms with van der Waals surface area (Å²) in [6, 6.07) is 13.3. The molecule has 1 heterocycles. The molecule has 26 heavy (non-hydrogen) atoms. The first-order chi connectivity index (χ1) is 12.6. The van der Waals surface area contributed by atoms with Crippen LogP contribution in [0.1, 0.15) is 25.0 Å². The quantitative estimate of drug-likeness (QED) is 0.871. The largest absolute Gasteiger partial charge is 0.450 e. The van der Waals surface area contributed by atoms with Crippen LogP contribution in [0.3, 0.4) is 0 Å². The Morgan fingerprint density at radius 3 is 2.38 bits per heavy atom. The third kappa shape index (κ3) is 3.64. The molecule has 6 heteroatoms. The fraction of sp³-hybridized carbons (Fsp3) is 0.300. The molecule has 1 aliphatic heterocycles. The van der Waals surface area contributed by atoms with E-state index in [1.807, 2.05) is 36.4 Å². The van der Waals surface area contributed by atoms with Crippen molar-refractivity contribution in [2.45, 2.75) is 26.7 Å². The highest BCUT2D eigenvalue weighted by Crippen LogP contribution is 2.38. The van der Waals surface area contributed by atoms with Crippen LogP contribution in [0.25, 0.3) is 0 Å². The third-order valence-electron chi connectivity index (χ3n) is 4.19. The molecule has 2 aromatic carbocycles. The van der Waals surface area contributed by atoms with Gasteiger partial charge in [-0.15, -0.1) is 0 Å². The molecule has 0 aliphatic carbocycles. The second-order valence-corrected chi connectivity index (χ2v) is 5.85. The van der Waals surface area contributed by atoms with Gasteiger partial charge < -0.3 is 9.47 Å². The first-order valence-corrected chi connectivity index (χ1v) is 8.75. The molecular formula is C20H22N2O4. The molecule has 0 radical (unpaired) electrons. The van der Waals surface area contributed by atoms with Crippen LogP contribution in [0.4, 0.5) is 26.7 Å². The highest BCUT2D eigenvalue weighted by molar-refractivity contribution is 5.99. The molecule has 0 fully saturated rings. The van der Waals surface area contributed by atoms with Crippen molar-refractivity contribution in [3.05, 3.63) is 53.6 Å². The van der Waals surface area contributed by atoms with Gasteiger partial charge in [-0.2, -0.15) is 0 Å². The lowest BCUT2D eigenvalue weighted by Gasteiger charge is -2.24. The van der Waals surface area contributed by atoms with E-state index >= 15 is 0 Å². The summed E-state index contributed by atoms with van der Waals surface area (Å²) in [6.07, 6.45) is 0.659. The van der Waals surface area contributed by atoms with E-state index in [9.17, 15) is 9.59 Å². The van der Waals surface area contributed by atoms with E-state index in [0.717, 1.165) is 29.7 Å². The van der Waals surface area contributed by atoms with Gasteiger partial charge in [0.15, 0.2) is 0 Å². The van der Waals surface area contributed by atoms with E-state index in [1.54, 1.807) is 24.8 Å². The van der Waals surface area contributed by atoms with Crippen molar-refractivity contribution in [2.24, 2.45) is 0 Å². The number of aryl methyl sites for hydroxylation is 2. The van der Waals surface area contributed by atoms with Crippen molar-refractivity contribution in [3.8, 4) is 0 Å². The van der Waals surface area contributed by atoms with E-state index < -0.39 is 12.2 Å². The molecule has 1 N–H and O–H groups in total. The maximum absolute atomic E-state index is 12.7. The fourth-order valence-corrected chi connectivity index (χ4v) is 3.07. The second-order valence-electron chi connectivity index (χ2n) is 5.85. The number of fused-ring (bicyclic) bond motifs is 2. The lowest BCUT2D eigenvalue weighted by Crippen LogP contribution is -2.27. The van der Waals surface area contributed by atoms with Gasteiger partial charge >= 0.3 is 12.2 Å². The molecule has 0 saturated carbocycles. The Morgan fingerprint density at radius 2 is 1.65 bits per heavy atom. The van der Waals surface area contributed by atoms with Crippen molar-refractivity contribution in [1.82, 2.24) is 0 Å². The minimum Gasteiger partial charge on any atom is -0.450 e. The molecule has 6 nitrogen and oxygen atoms in total. The first-order valence-electron chi connectivity index (χ1n) is 8.75. The summed E-state index contributed by atoms with van der Waals surface area (Å²) in [6.45, 7) is 4.10. The highest BCUT2D eigenvalue weighted by Gasteiger charge is 2.27. The zero-order valence-electron chi connectivity index (χ0n) is 15.0. The van der Waals surface area contributed by atoms with Crippen LogP contribution in [0, 0.1) is 0 Å². The number of nitrogens with one attached hydrogen (secondary N) is 1. The number of hydrogen-bond acceptors (Lipinski definition) is 4. The first kappa shape index (κ1) is 17.8. The Balaban J connectivity index is 2.05. The minimum atomic E-state index is -0.524. The zero-order valence-corrected chi connectivity index (χ0v) is 15.0. The van der Waals surface area contributed by atoms with Crippen LogP contribution < -0.4 is 10.2 Å². The van der Waals surface area contributed by atoms with Crippen LogP contribution in [0.5, 0.6) is 0 Å². The number of ether oxygens (including phenoxy) is 2. The lowest BCUT2D eigenvalue weighted by atomic mass is 10.0. The van der Waals surface area contributed by atoms with Gasteiger partial charge in [-0.3, -0.25) is 5.32 Å². The van der Waals surface area contributed by atoms with Gasteiger partial charge in [-0.05, 0) is 56.0 Å². The zero-order chi connectivity index (χ0) is 18.5. The molecule has 0 unspecified atom stereocenters. The number of anilines is 3. The van der Waals surface area contributed by atoms with E-state index in [4.69, 9.17) is 9.47 Å². The maximum Gasteiger partial charge on any atom is 0.418 e. The van der Waals surface area contributed by atoms with Crippen LogP contribution in [0.15, 0.2) is 42.5 Å². The summed E-state index contributed by atoms with van der Waals surface area (Å²) in [5, 5.41) is 2.69. The average Bonchev–Trinajstić information content (AvgIpc) is 2.78. The molecule has 0 aromatic heterocycles. The van der Waals surface area contributed by atoms with Gasteiger partial charge in [0.25, 0.3) is 0 Å². The standard InChI is InChI=1S/C20H22N2O4/c1-3-25-19(23)21-16-12-11-15-10-9-14-7-5-6-8-17(14)22(18(15)13-16)20(24)26-4-2/h5-8,11-13H,3-4,9-10H2,1-2H3,(H,21,23). The smallest absolute Gasteiger partial charge is 0.418 e. The summed E-state index contributed by atoms with van der Waals surface area (Å²) in [5.74, 6) is 0. The molecule has 2 amide bonds. The number of amides is 2. The van der Waals surface area contributed by atoms with E-state index in [-0.39, 0.29) is 6.61 Å². The normalized spacial score (nSPS) is 12.5. The van der Waals surface area contributed by atoms with Crippen LogP contribution >= 0.6 is 0 Å². The van der Waals surface area contributed by atoms with Crippen molar-refractivity contribution in [1.29, 1.82) is 0 Å². The second kappa shape index (κ2) is 7.91. The topological polar surface area (TPSA) is 67.9 Å². The Hall–Kier alpha value is -3.02. The van der Waals surface area contributed by atoms with Crippen LogP contribution in [-0.4, -0.2) is 25.4 Å². The fourth-order valence-electron chi connectivity index (χ4n) is 3.07. The molecule has 0 bridgehead atoms. The van der Waals surface area contributed by atoms with Gasteiger partial charge in [0.1, 0.15) is 0 Å². The maximum atomic E-state index is 12.7. The van der Waals surface area contributed by atoms with E-state index in [2.05, 4.69) is 5.32 Å². The summed E-state index contributed by atoms with van der Waals surface area (Å²) in [7, 11) is 0. The summed E-state index contributed by atoms with van der Waals surface area (Å²) in [4.78, 5) is 26.0. The number of rotatable bonds is 3. The molecule has 136 valence electrons. The number of carbonyl (C=O) groups is 2. The Bertz CT molecular complexity index is 819. The van der Waals surface area contributed by atoms with Crippen molar-refractivity contribution in [2.75, 3.05) is 23.4 Å². The van der Waals surface area contributed by atoms with Gasteiger partial charge in [0.2, 0.25) is 0 Å². The monoisotopic (exact) mass is 354 g/mol. The van der Waals surface area contributed by atoms with Crippen LogP contribution in [-0.2, 0) is 22.3 Å². The predicted molar refractivity (Wildman–Crippen MR) is 100 cm³/mol. The van der Waals surface area contributed by atoms with Crippen molar-refractivity contribution in [3.63, 3.8) is 0 Å². The summed E-state index contributed by atoms with van der Waals surface area (Å²) in [5.41, 5.74) is 4.18. The summed E-state index contributed by atoms with van der Waals surface area (Å²) >= 11 is 0. The molecule has 3 rings (SSSR count). The van der Waals surface area contributed by atoms with Gasteiger partial charge in [0.05, 0.1) is 24.6 Å². The number of hydrogen-bond donors (Lipinski definition) is 1. The molecule has 0 saturated heterocycles. The van der Waals surface area contributed by atoms with Crippen molar-refractivity contribution >= 4 is 29.2 Å². The molecule has 1 aliphatic rings. The lowest BCUT2D eigenvalue weighted by molar-refractivity contribution is 0.162. The Labute approximate surface area is 152 Å². The van der Waals surface area contributed by atoms with E-state index in [0.29, 0.717) is 18.0 Å². The Morgan fingerprint density at radius 1 is 0.962 bits per heavy atom. The molecule has 0 spiro atoms. The molecular weight excluding hydrogens is 332 g/mol. The number of carbonyl (C=O) groups excluding carboxylic acids is 2. The number of para-hydroxylation sites is 1. The van der Waals surface area contributed by atoms with Gasteiger partial charge in [-0.25, -0.2) is 14.5 Å². The highest BCUT2D eigenvalue weighted by atomic mass is 16.6. The number of benzene rings is 2. The average molecular weight is 354 g/mol. The Kier molecular flexibility index (Phi) is 5.41. The SMILES string of the molecule is CCOC(=O)Nc1ccc2c(c1)N(C(=O)OCC)c1ccccc1CC2. The predicted octanol–water partition coefficient (Wildman–Crippen LogP) is 4.65. The van der Waals surface area contributed by atoms with Gasteiger partial charge in [-0.1, -0.05) is 24.3 Å². The third-order valence-corrected chi connectivity index (χ3v) is 4.19. The van der Waals surface area contributed by atoms with Crippen LogP contribution in [0.2, 0.25) is 0 Å². The number of nitrogens with zero attached hydrogens (tertiary/aromatic N) is 1. The molecule has 0 atom stereocenters. The minimum absolute atomic E-state index is 0.285.